The number of carbonyl (C=O) groups excluding carboxylic acids is 1. The third-order valence-corrected chi connectivity index (χ3v) is 6.76. The van der Waals surface area contributed by atoms with Gasteiger partial charge in [-0.2, -0.15) is 0 Å². The first-order chi connectivity index (χ1) is 14.6. The van der Waals surface area contributed by atoms with Gasteiger partial charge in [-0.1, -0.05) is 44.4 Å². The monoisotopic (exact) mass is 450 g/mol. The molecule has 0 aromatic rings. The van der Waals surface area contributed by atoms with Gasteiger partial charge in [-0.05, 0) is 77.6 Å². The number of hydrogen-bond acceptors (Lipinski definition) is 4. The molecule has 2 unspecified atom stereocenters. The van der Waals surface area contributed by atoms with Gasteiger partial charge in [-0.25, -0.2) is 0 Å². The van der Waals surface area contributed by atoms with Crippen molar-refractivity contribution in [2.75, 3.05) is 6.61 Å². The first kappa shape index (κ1) is 27.9. The Balaban J connectivity index is 2.60. The Hall–Kier alpha value is -1.09. The third kappa shape index (κ3) is 11.9. The van der Waals surface area contributed by atoms with Gasteiger partial charge in [-0.3, -0.25) is 4.79 Å². The quantitative estimate of drug-likeness (QED) is 0.141. The van der Waals surface area contributed by atoms with Crippen molar-refractivity contribution < 1.29 is 19.1 Å². The van der Waals surface area contributed by atoms with Gasteiger partial charge in [0, 0.05) is 18.4 Å². The number of allylic oxidation sites excluding steroid dienone is 1. The Kier molecular flexibility index (Phi) is 12.7. The number of aliphatic hydroxyl groups is 1. The van der Waals surface area contributed by atoms with Gasteiger partial charge in [0.25, 0.3) is 0 Å². The zero-order chi connectivity index (χ0) is 23.3. The fourth-order valence-corrected chi connectivity index (χ4v) is 5.90. The van der Waals surface area contributed by atoms with Crippen LogP contribution in [0.15, 0.2) is 11.1 Å². The number of ether oxygens (including phenoxy) is 1. The van der Waals surface area contributed by atoms with Gasteiger partial charge in [0.1, 0.15) is 0 Å². The van der Waals surface area contributed by atoms with Crippen LogP contribution in [0.25, 0.3) is 0 Å². The van der Waals surface area contributed by atoms with Crippen molar-refractivity contribution in [3.63, 3.8) is 0 Å². The molecule has 178 valence electrons. The van der Waals surface area contributed by atoms with E-state index < -0.39 is 8.32 Å². The summed E-state index contributed by atoms with van der Waals surface area (Å²) in [4.78, 5) is 11.4. The minimum Gasteiger partial charge on any atom is -0.466 e. The predicted octanol–water partition coefficient (Wildman–Crippen LogP) is 6.54. The highest BCUT2D eigenvalue weighted by atomic mass is 28.4. The molecule has 0 saturated carbocycles. The van der Waals surface area contributed by atoms with Crippen LogP contribution in [0, 0.1) is 11.8 Å². The molecule has 0 spiro atoms. The van der Waals surface area contributed by atoms with Crippen molar-refractivity contribution >= 4 is 14.3 Å². The molecule has 0 heterocycles. The van der Waals surface area contributed by atoms with Crippen molar-refractivity contribution in [1.82, 2.24) is 0 Å². The molecule has 0 aromatic carbocycles. The molecule has 0 aliphatic heterocycles. The molecule has 4 nitrogen and oxygen atoms in total. The van der Waals surface area contributed by atoms with Crippen LogP contribution in [0.4, 0.5) is 0 Å². The molecule has 0 fully saturated rings. The summed E-state index contributed by atoms with van der Waals surface area (Å²) in [5.41, 5.74) is 2.11. The zero-order valence-electron chi connectivity index (χ0n) is 20.9. The Labute approximate surface area is 192 Å². The van der Waals surface area contributed by atoms with E-state index in [9.17, 15) is 9.90 Å². The van der Waals surface area contributed by atoms with E-state index in [1.807, 2.05) is 6.92 Å². The zero-order valence-corrected chi connectivity index (χ0v) is 21.9. The average molecular weight is 451 g/mol. The molecule has 1 rings (SSSR count). The second-order valence-electron chi connectivity index (χ2n) is 10.0. The summed E-state index contributed by atoms with van der Waals surface area (Å²) in [7, 11) is -1.64. The molecule has 1 aliphatic rings. The summed E-state index contributed by atoms with van der Waals surface area (Å²) in [5.74, 6) is 6.72. The summed E-state index contributed by atoms with van der Waals surface area (Å²) in [6.45, 7) is 13.4. The summed E-state index contributed by atoms with van der Waals surface area (Å²) in [5, 5.41) is 10.4. The molecule has 1 N–H and O–H groups in total. The molecular weight excluding hydrogens is 404 g/mol. The van der Waals surface area contributed by atoms with Crippen LogP contribution in [0.2, 0.25) is 19.6 Å². The van der Waals surface area contributed by atoms with Gasteiger partial charge >= 0.3 is 5.97 Å². The van der Waals surface area contributed by atoms with Gasteiger partial charge < -0.3 is 14.3 Å². The highest BCUT2D eigenvalue weighted by Crippen LogP contribution is 2.31. The molecule has 0 aromatic heterocycles. The molecule has 0 saturated heterocycles. The lowest BCUT2D eigenvalue weighted by molar-refractivity contribution is -0.143. The normalized spacial score (nSPS) is 18.5. The lowest BCUT2D eigenvalue weighted by Crippen LogP contribution is -2.40. The summed E-state index contributed by atoms with van der Waals surface area (Å²) < 4.78 is 11.5. The molecule has 0 bridgehead atoms. The number of hydrogen-bond donors (Lipinski definition) is 1. The lowest BCUT2D eigenvalue weighted by atomic mass is 9.95. The van der Waals surface area contributed by atoms with Crippen molar-refractivity contribution in [2.45, 2.75) is 129 Å². The summed E-state index contributed by atoms with van der Waals surface area (Å²) >= 11 is 0. The smallest absolute Gasteiger partial charge is 0.305 e. The molecule has 0 amide bonds. The number of aliphatic hydroxyl groups excluding tert-OH is 1. The number of esters is 1. The molecular formula is C26H46O4Si. The van der Waals surface area contributed by atoms with Gasteiger partial charge in [-0.15, -0.1) is 0 Å². The van der Waals surface area contributed by atoms with Crippen LogP contribution in [0.1, 0.15) is 97.8 Å². The van der Waals surface area contributed by atoms with Gasteiger partial charge in [0.15, 0.2) is 8.32 Å². The maximum atomic E-state index is 11.4. The van der Waals surface area contributed by atoms with E-state index in [1.165, 1.54) is 6.42 Å². The minimum absolute atomic E-state index is 0.0990. The number of rotatable bonds is 14. The van der Waals surface area contributed by atoms with Gasteiger partial charge in [0.05, 0.1) is 18.3 Å². The van der Waals surface area contributed by atoms with Crippen molar-refractivity contribution in [1.29, 1.82) is 0 Å². The summed E-state index contributed by atoms with van der Waals surface area (Å²) in [6, 6.07) is 0. The first-order valence-corrected chi connectivity index (χ1v) is 15.8. The Morgan fingerprint density at radius 1 is 1.16 bits per heavy atom. The third-order valence-electron chi connectivity index (χ3n) is 5.65. The van der Waals surface area contributed by atoms with Crippen LogP contribution in [-0.4, -0.2) is 37.7 Å². The lowest BCUT2D eigenvalue weighted by Gasteiger charge is -2.35. The fraction of sp³-hybridized carbons (Fsp3) is 0.808. The van der Waals surface area contributed by atoms with Crippen molar-refractivity contribution in [3.8, 4) is 11.8 Å². The van der Waals surface area contributed by atoms with Gasteiger partial charge in [0.2, 0.25) is 0 Å². The van der Waals surface area contributed by atoms with Crippen LogP contribution in [0.5, 0.6) is 0 Å². The van der Waals surface area contributed by atoms with E-state index in [0.717, 1.165) is 75.4 Å². The van der Waals surface area contributed by atoms with E-state index >= 15 is 0 Å². The average Bonchev–Trinajstić information content (AvgIpc) is 3.01. The molecule has 2 atom stereocenters. The van der Waals surface area contributed by atoms with E-state index in [4.69, 9.17) is 9.16 Å². The second-order valence-corrected chi connectivity index (χ2v) is 14.5. The van der Waals surface area contributed by atoms with Crippen molar-refractivity contribution in [3.05, 3.63) is 11.1 Å². The first-order valence-electron chi connectivity index (χ1n) is 12.3. The Morgan fingerprint density at radius 2 is 1.87 bits per heavy atom. The Bertz CT molecular complexity index is 638. The maximum Gasteiger partial charge on any atom is 0.305 e. The van der Waals surface area contributed by atoms with Crippen LogP contribution >= 0.6 is 0 Å². The van der Waals surface area contributed by atoms with Crippen LogP contribution in [0.3, 0.4) is 0 Å². The topological polar surface area (TPSA) is 55.8 Å². The van der Waals surface area contributed by atoms with Crippen LogP contribution < -0.4 is 0 Å². The highest BCUT2D eigenvalue weighted by Gasteiger charge is 2.30. The maximum absolute atomic E-state index is 11.4. The van der Waals surface area contributed by atoms with Crippen molar-refractivity contribution in [2.24, 2.45) is 0 Å². The molecule has 5 heteroatoms. The number of carbonyl (C=O) groups is 1. The minimum atomic E-state index is -1.64. The second kappa shape index (κ2) is 14.1. The summed E-state index contributed by atoms with van der Waals surface area (Å²) in [6.07, 6.45) is 10.9. The molecule has 31 heavy (non-hydrogen) atoms. The number of unbranched alkanes of at least 4 members (excludes halogenated alkanes) is 4. The standard InChI is InChI=1S/C26H46O4Si/c1-7-9-20-26(3,30-31(4,5)6)21-14-15-22-18-19-24(27)23(22)16-12-10-11-13-17-25(28)29-8-2/h24,27H,7-13,16-21H2,1-6H3. The van der Waals surface area contributed by atoms with E-state index in [-0.39, 0.29) is 17.7 Å². The predicted molar refractivity (Wildman–Crippen MR) is 131 cm³/mol. The van der Waals surface area contributed by atoms with Crippen LogP contribution in [-0.2, 0) is 14.0 Å². The van der Waals surface area contributed by atoms with E-state index in [2.05, 4.69) is 45.3 Å². The van der Waals surface area contributed by atoms with E-state index in [1.54, 1.807) is 0 Å². The fourth-order valence-electron chi connectivity index (χ4n) is 4.25. The molecule has 0 radical (unpaired) electrons. The highest BCUT2D eigenvalue weighted by molar-refractivity contribution is 6.69. The Morgan fingerprint density at radius 3 is 2.52 bits per heavy atom. The SMILES string of the molecule is CCCCC(C)(CC#CC1=C(CCCCCCC(=O)OCC)C(O)CC1)O[Si](C)(C)C. The largest absolute Gasteiger partial charge is 0.466 e. The molecule has 1 aliphatic carbocycles. The van der Waals surface area contributed by atoms with E-state index in [0.29, 0.717) is 13.0 Å².